The summed E-state index contributed by atoms with van der Waals surface area (Å²) in [6, 6.07) is 10.8. The number of aromatic nitrogens is 2. The van der Waals surface area contributed by atoms with Crippen molar-refractivity contribution in [3.8, 4) is 5.75 Å². The Morgan fingerprint density at radius 3 is 2.69 bits per heavy atom. The maximum Gasteiger partial charge on any atom is 0.364 e. The average Bonchev–Trinajstić information content (AvgIpc) is 3.07. The molecule has 0 aliphatic heterocycles. The van der Waals surface area contributed by atoms with Gasteiger partial charge < -0.3 is 15.4 Å². The number of hydrogen-bond acceptors (Lipinski definition) is 6. The Balaban J connectivity index is 1.84. The second-order valence-corrected chi connectivity index (χ2v) is 8.18. The molecule has 0 atom stereocenters. The molecule has 1 aromatic carbocycles. The highest BCUT2D eigenvalue weighted by atomic mass is 32.2. The first-order chi connectivity index (χ1) is 13.8. The van der Waals surface area contributed by atoms with E-state index in [4.69, 9.17) is 4.74 Å². The van der Waals surface area contributed by atoms with Crippen LogP contribution in [0.5, 0.6) is 5.75 Å². The molecule has 0 bridgehead atoms. The van der Waals surface area contributed by atoms with E-state index in [9.17, 15) is 18.0 Å². The lowest BCUT2D eigenvalue weighted by molar-refractivity contribution is 0.0731. The van der Waals surface area contributed by atoms with Gasteiger partial charge in [0.1, 0.15) is 5.75 Å². The summed E-state index contributed by atoms with van der Waals surface area (Å²) in [7, 11) is -3.65. The highest BCUT2D eigenvalue weighted by Gasteiger charge is 2.24. The summed E-state index contributed by atoms with van der Waals surface area (Å²) in [4.78, 5) is 28.4. The third-order valence-electron chi connectivity index (χ3n) is 3.88. The molecule has 2 N–H and O–H groups in total. The van der Waals surface area contributed by atoms with E-state index in [0.29, 0.717) is 17.7 Å². The first-order valence-corrected chi connectivity index (χ1v) is 10.7. The Kier molecular flexibility index (Phi) is 5.83. The molecule has 0 fully saturated rings. The van der Waals surface area contributed by atoms with Gasteiger partial charge in [0.15, 0.2) is 5.69 Å². The monoisotopic (exact) mass is 416 g/mol. The van der Waals surface area contributed by atoms with Gasteiger partial charge in [0.05, 0.1) is 5.52 Å². The molecular weight excluding hydrogens is 396 g/mol. The summed E-state index contributed by atoms with van der Waals surface area (Å²) in [5.74, 6) is -0.627. The van der Waals surface area contributed by atoms with Crippen molar-refractivity contribution in [1.29, 1.82) is 0 Å². The van der Waals surface area contributed by atoms with Crippen LogP contribution in [0, 0.1) is 0 Å². The van der Waals surface area contributed by atoms with Crippen molar-refractivity contribution in [2.75, 3.05) is 18.1 Å². The average molecular weight is 416 g/mol. The normalized spacial score (nSPS) is 11.2. The van der Waals surface area contributed by atoms with Gasteiger partial charge in [0.2, 0.25) is 15.0 Å². The predicted molar refractivity (Wildman–Crippen MR) is 107 cm³/mol. The van der Waals surface area contributed by atoms with E-state index in [1.807, 2.05) is 6.92 Å². The van der Waals surface area contributed by atoms with Crippen molar-refractivity contribution in [2.45, 2.75) is 18.5 Å². The number of urea groups is 1. The van der Waals surface area contributed by atoms with Crippen molar-refractivity contribution in [3.05, 3.63) is 54.4 Å². The van der Waals surface area contributed by atoms with Crippen LogP contribution in [-0.2, 0) is 9.84 Å². The van der Waals surface area contributed by atoms with Crippen LogP contribution >= 0.6 is 0 Å². The minimum atomic E-state index is -3.65. The number of carbonyl (C=O) groups is 2. The molecule has 3 aromatic rings. The summed E-state index contributed by atoms with van der Waals surface area (Å²) in [6.45, 7) is 2.48. The lowest BCUT2D eigenvalue weighted by atomic mass is 10.3. The number of amides is 2. The van der Waals surface area contributed by atoms with Gasteiger partial charge in [-0.3, -0.25) is 4.40 Å². The number of imidazole rings is 1. The molecule has 3 rings (SSSR count). The number of anilines is 1. The van der Waals surface area contributed by atoms with Gasteiger partial charge in [0.25, 0.3) is 0 Å². The zero-order valence-corrected chi connectivity index (χ0v) is 16.7. The van der Waals surface area contributed by atoms with Crippen molar-refractivity contribution >= 4 is 33.0 Å². The number of fused-ring (bicyclic) bond motifs is 1. The number of nitrogens with zero attached hydrogens (tertiary/aromatic N) is 2. The number of rotatable bonds is 6. The molecule has 9 nitrogen and oxygen atoms in total. The standard InChI is InChI=1S/C19H20N4O5S/c1-3-10-20-18(25)21-13-7-6-8-14(12-13)28-17(24)16-15-9-4-5-11-23(15)19(22-16)29(2,26)27/h4-9,11-12H,3,10H2,1-2H3,(H2,20,21,25). The lowest BCUT2D eigenvalue weighted by Gasteiger charge is -2.08. The Labute approximate surface area is 167 Å². The second-order valence-electron chi connectivity index (χ2n) is 6.27. The van der Waals surface area contributed by atoms with E-state index in [2.05, 4.69) is 15.6 Å². The van der Waals surface area contributed by atoms with Crippen LogP contribution in [0.25, 0.3) is 5.52 Å². The van der Waals surface area contributed by atoms with Crippen molar-refractivity contribution in [3.63, 3.8) is 0 Å². The molecular formula is C19H20N4O5S. The Morgan fingerprint density at radius 1 is 1.17 bits per heavy atom. The number of hydrogen-bond donors (Lipinski definition) is 2. The fourth-order valence-electron chi connectivity index (χ4n) is 2.63. The van der Waals surface area contributed by atoms with Gasteiger partial charge in [-0.2, -0.15) is 0 Å². The Morgan fingerprint density at radius 2 is 1.97 bits per heavy atom. The Bertz CT molecular complexity index is 1170. The maximum absolute atomic E-state index is 12.7. The molecule has 0 saturated carbocycles. The summed E-state index contributed by atoms with van der Waals surface area (Å²) in [5, 5.41) is 5.07. The molecule has 2 amide bonds. The predicted octanol–water partition coefficient (Wildman–Crippen LogP) is 2.49. The molecule has 0 unspecified atom stereocenters. The smallest absolute Gasteiger partial charge is 0.364 e. The number of nitrogens with one attached hydrogen (secondary N) is 2. The first kappa shape index (κ1) is 20.3. The van der Waals surface area contributed by atoms with E-state index < -0.39 is 15.8 Å². The molecule has 2 heterocycles. The second kappa shape index (κ2) is 8.31. The highest BCUT2D eigenvalue weighted by Crippen LogP contribution is 2.21. The third-order valence-corrected chi connectivity index (χ3v) is 4.83. The summed E-state index contributed by atoms with van der Waals surface area (Å²) >= 11 is 0. The highest BCUT2D eigenvalue weighted by molar-refractivity contribution is 7.90. The molecule has 0 aliphatic carbocycles. The molecule has 0 spiro atoms. The van der Waals surface area contributed by atoms with Gasteiger partial charge in [-0.05, 0) is 30.7 Å². The van der Waals surface area contributed by atoms with Crippen LogP contribution in [0.2, 0.25) is 0 Å². The van der Waals surface area contributed by atoms with E-state index in [1.54, 1.807) is 36.4 Å². The minimum absolute atomic E-state index is 0.120. The largest absolute Gasteiger partial charge is 0.422 e. The molecule has 152 valence electrons. The maximum atomic E-state index is 12.7. The van der Waals surface area contributed by atoms with Crippen LogP contribution in [0.4, 0.5) is 10.5 Å². The van der Waals surface area contributed by atoms with Gasteiger partial charge in [0, 0.05) is 30.8 Å². The fourth-order valence-corrected chi connectivity index (χ4v) is 3.40. The molecule has 10 heteroatoms. The quantitative estimate of drug-likeness (QED) is 0.471. The van der Waals surface area contributed by atoms with E-state index >= 15 is 0 Å². The van der Waals surface area contributed by atoms with Crippen molar-refractivity contribution < 1.29 is 22.7 Å². The minimum Gasteiger partial charge on any atom is -0.422 e. The van der Waals surface area contributed by atoms with E-state index in [1.165, 1.54) is 16.7 Å². The van der Waals surface area contributed by atoms with Gasteiger partial charge >= 0.3 is 12.0 Å². The van der Waals surface area contributed by atoms with Crippen LogP contribution in [-0.4, -0.2) is 42.6 Å². The van der Waals surface area contributed by atoms with E-state index in [0.717, 1.165) is 12.7 Å². The number of esters is 1. The van der Waals surface area contributed by atoms with Gasteiger partial charge in [-0.1, -0.05) is 19.1 Å². The van der Waals surface area contributed by atoms with Crippen LogP contribution in [0.15, 0.2) is 53.8 Å². The molecule has 0 aliphatic rings. The number of sulfone groups is 1. The zero-order valence-electron chi connectivity index (χ0n) is 15.9. The summed E-state index contributed by atoms with van der Waals surface area (Å²) in [6.07, 6.45) is 3.33. The number of ether oxygens (including phenoxy) is 1. The van der Waals surface area contributed by atoms with E-state index in [-0.39, 0.29) is 22.6 Å². The topological polar surface area (TPSA) is 119 Å². The summed E-state index contributed by atoms with van der Waals surface area (Å²) < 4.78 is 30.6. The van der Waals surface area contributed by atoms with Crippen molar-refractivity contribution in [2.24, 2.45) is 0 Å². The molecule has 0 saturated heterocycles. The number of benzene rings is 1. The lowest BCUT2D eigenvalue weighted by Crippen LogP contribution is -2.29. The molecule has 2 aromatic heterocycles. The van der Waals surface area contributed by atoms with Crippen molar-refractivity contribution in [1.82, 2.24) is 14.7 Å². The van der Waals surface area contributed by atoms with Crippen LogP contribution < -0.4 is 15.4 Å². The fraction of sp³-hybridized carbons (Fsp3) is 0.211. The number of carbonyl (C=O) groups excluding carboxylic acids is 2. The van der Waals surface area contributed by atoms with Crippen LogP contribution in [0.3, 0.4) is 0 Å². The molecule has 0 radical (unpaired) electrons. The molecule has 29 heavy (non-hydrogen) atoms. The number of pyridine rings is 1. The third kappa shape index (κ3) is 4.72. The van der Waals surface area contributed by atoms with Gasteiger partial charge in [-0.25, -0.2) is 23.0 Å². The first-order valence-electron chi connectivity index (χ1n) is 8.84. The SMILES string of the molecule is CCCNC(=O)Nc1cccc(OC(=O)c2nc(S(C)(=O)=O)n3ccccc23)c1. The van der Waals surface area contributed by atoms with Gasteiger partial charge in [-0.15, -0.1) is 0 Å². The Hall–Kier alpha value is -3.40. The van der Waals surface area contributed by atoms with Crippen LogP contribution in [0.1, 0.15) is 23.8 Å². The summed E-state index contributed by atoms with van der Waals surface area (Å²) in [5.41, 5.74) is 0.631. The zero-order chi connectivity index (χ0) is 21.0.